The van der Waals surface area contributed by atoms with Gasteiger partial charge in [0.1, 0.15) is 0 Å². The Bertz CT molecular complexity index is 353. The van der Waals surface area contributed by atoms with Gasteiger partial charge in [0.25, 0.3) is 0 Å². The standard InChI is InChI=1S/C13H22N2O4/c1-8(7-12(17)18)6-11(16)15-13(19)14-9(2)10-4-3-5-10/h8-10H,3-7H2,1-2H3,(H,17,18)(H2,14,15,16,19). The van der Waals surface area contributed by atoms with Crippen LogP contribution in [0.5, 0.6) is 0 Å². The highest BCUT2D eigenvalue weighted by Crippen LogP contribution is 2.29. The Morgan fingerprint density at radius 3 is 2.32 bits per heavy atom. The van der Waals surface area contributed by atoms with Gasteiger partial charge in [-0.25, -0.2) is 4.79 Å². The van der Waals surface area contributed by atoms with Crippen molar-refractivity contribution in [3.05, 3.63) is 0 Å². The van der Waals surface area contributed by atoms with Crippen molar-refractivity contribution < 1.29 is 19.5 Å². The summed E-state index contributed by atoms with van der Waals surface area (Å²) >= 11 is 0. The molecule has 108 valence electrons. The summed E-state index contributed by atoms with van der Waals surface area (Å²) in [6.45, 7) is 3.60. The van der Waals surface area contributed by atoms with Crippen molar-refractivity contribution >= 4 is 17.9 Å². The number of nitrogens with one attached hydrogen (secondary N) is 2. The largest absolute Gasteiger partial charge is 0.481 e. The third-order valence-corrected chi connectivity index (χ3v) is 3.53. The van der Waals surface area contributed by atoms with Crippen LogP contribution in [0.15, 0.2) is 0 Å². The van der Waals surface area contributed by atoms with Crippen LogP contribution in [0.2, 0.25) is 0 Å². The number of aliphatic carboxylic acids is 1. The zero-order valence-corrected chi connectivity index (χ0v) is 11.4. The Morgan fingerprint density at radius 1 is 1.21 bits per heavy atom. The number of urea groups is 1. The zero-order valence-electron chi connectivity index (χ0n) is 11.4. The van der Waals surface area contributed by atoms with E-state index >= 15 is 0 Å². The summed E-state index contributed by atoms with van der Waals surface area (Å²) in [6, 6.07) is -0.426. The Balaban J connectivity index is 2.23. The first-order valence-electron chi connectivity index (χ1n) is 6.70. The van der Waals surface area contributed by atoms with Gasteiger partial charge in [0, 0.05) is 18.9 Å². The molecule has 19 heavy (non-hydrogen) atoms. The second-order valence-electron chi connectivity index (χ2n) is 5.41. The number of rotatable bonds is 6. The summed E-state index contributed by atoms with van der Waals surface area (Å²) in [7, 11) is 0. The Morgan fingerprint density at radius 2 is 1.84 bits per heavy atom. The summed E-state index contributed by atoms with van der Waals surface area (Å²) in [4.78, 5) is 33.5. The number of carboxylic acids is 1. The molecule has 1 saturated carbocycles. The van der Waals surface area contributed by atoms with E-state index in [4.69, 9.17) is 5.11 Å². The van der Waals surface area contributed by atoms with E-state index in [9.17, 15) is 14.4 Å². The minimum atomic E-state index is -0.941. The number of hydrogen-bond donors (Lipinski definition) is 3. The van der Waals surface area contributed by atoms with Crippen LogP contribution in [0.3, 0.4) is 0 Å². The topological polar surface area (TPSA) is 95.5 Å². The minimum Gasteiger partial charge on any atom is -0.481 e. The average molecular weight is 270 g/mol. The first-order chi connectivity index (χ1) is 8.88. The monoisotopic (exact) mass is 270 g/mol. The molecule has 3 N–H and O–H groups in total. The number of carbonyl (C=O) groups excluding carboxylic acids is 2. The molecule has 1 rings (SSSR count). The average Bonchev–Trinajstić information content (AvgIpc) is 2.10. The van der Waals surface area contributed by atoms with Crippen LogP contribution in [0.4, 0.5) is 4.79 Å². The predicted octanol–water partition coefficient (Wildman–Crippen LogP) is 1.50. The summed E-state index contributed by atoms with van der Waals surface area (Å²) < 4.78 is 0. The molecule has 0 spiro atoms. The highest BCUT2D eigenvalue weighted by molar-refractivity contribution is 5.94. The van der Waals surface area contributed by atoms with Crippen molar-refractivity contribution in [1.29, 1.82) is 0 Å². The maximum absolute atomic E-state index is 11.6. The number of carboxylic acid groups (broad SMARTS) is 1. The second kappa shape index (κ2) is 7.11. The van der Waals surface area contributed by atoms with Crippen LogP contribution >= 0.6 is 0 Å². The molecule has 6 nitrogen and oxygen atoms in total. The van der Waals surface area contributed by atoms with Crippen LogP contribution in [0.25, 0.3) is 0 Å². The van der Waals surface area contributed by atoms with Gasteiger partial charge in [-0.3, -0.25) is 14.9 Å². The smallest absolute Gasteiger partial charge is 0.321 e. The van der Waals surface area contributed by atoms with Crippen molar-refractivity contribution in [2.45, 2.75) is 52.0 Å². The Labute approximate surface area is 112 Å². The normalized spacial score (nSPS) is 18.0. The molecule has 2 atom stereocenters. The molecular formula is C13H22N2O4. The summed E-state index contributed by atoms with van der Waals surface area (Å²) in [5.74, 6) is -1.16. The summed E-state index contributed by atoms with van der Waals surface area (Å²) in [6.07, 6.45) is 3.39. The van der Waals surface area contributed by atoms with E-state index in [1.807, 2.05) is 6.92 Å². The van der Waals surface area contributed by atoms with Gasteiger partial charge in [-0.05, 0) is 31.6 Å². The van der Waals surface area contributed by atoms with E-state index in [1.165, 1.54) is 6.42 Å². The van der Waals surface area contributed by atoms with Crippen molar-refractivity contribution in [2.75, 3.05) is 0 Å². The van der Waals surface area contributed by atoms with Crippen LogP contribution in [0.1, 0.15) is 46.0 Å². The molecule has 0 aromatic rings. The van der Waals surface area contributed by atoms with E-state index in [2.05, 4.69) is 10.6 Å². The quantitative estimate of drug-likeness (QED) is 0.681. The van der Waals surface area contributed by atoms with Crippen LogP contribution in [-0.2, 0) is 9.59 Å². The first kappa shape index (κ1) is 15.5. The third-order valence-electron chi connectivity index (χ3n) is 3.53. The molecule has 1 aliphatic rings. The second-order valence-corrected chi connectivity index (χ2v) is 5.41. The fraction of sp³-hybridized carbons (Fsp3) is 0.769. The maximum atomic E-state index is 11.6. The molecule has 2 unspecified atom stereocenters. The Hall–Kier alpha value is -1.59. The maximum Gasteiger partial charge on any atom is 0.321 e. The van der Waals surface area contributed by atoms with Gasteiger partial charge in [0.05, 0.1) is 0 Å². The molecule has 0 heterocycles. The highest BCUT2D eigenvalue weighted by atomic mass is 16.4. The van der Waals surface area contributed by atoms with Crippen molar-refractivity contribution in [3.8, 4) is 0 Å². The molecule has 1 fully saturated rings. The predicted molar refractivity (Wildman–Crippen MR) is 69.5 cm³/mol. The molecule has 0 radical (unpaired) electrons. The minimum absolute atomic E-state index is 0.0392. The number of imide groups is 1. The van der Waals surface area contributed by atoms with Crippen LogP contribution < -0.4 is 10.6 Å². The van der Waals surface area contributed by atoms with Crippen molar-refractivity contribution in [2.24, 2.45) is 11.8 Å². The summed E-state index contributed by atoms with van der Waals surface area (Å²) in [5, 5.41) is 13.6. The number of amides is 3. The molecule has 0 aliphatic heterocycles. The van der Waals surface area contributed by atoms with E-state index in [0.717, 1.165) is 12.8 Å². The highest BCUT2D eigenvalue weighted by Gasteiger charge is 2.25. The summed E-state index contributed by atoms with van der Waals surface area (Å²) in [5.41, 5.74) is 0. The molecule has 0 aromatic heterocycles. The van der Waals surface area contributed by atoms with Crippen LogP contribution in [-0.4, -0.2) is 29.1 Å². The fourth-order valence-corrected chi connectivity index (χ4v) is 2.16. The van der Waals surface area contributed by atoms with E-state index in [0.29, 0.717) is 5.92 Å². The van der Waals surface area contributed by atoms with Gasteiger partial charge < -0.3 is 10.4 Å². The fourth-order valence-electron chi connectivity index (χ4n) is 2.16. The lowest BCUT2D eigenvalue weighted by atomic mass is 9.80. The molecule has 3 amide bonds. The molecule has 0 saturated heterocycles. The first-order valence-corrected chi connectivity index (χ1v) is 6.70. The SMILES string of the molecule is CC(CC(=O)O)CC(=O)NC(=O)NC(C)C1CCC1. The van der Waals surface area contributed by atoms with E-state index < -0.39 is 17.9 Å². The number of carbonyl (C=O) groups is 3. The van der Waals surface area contributed by atoms with Crippen LogP contribution in [0, 0.1) is 11.8 Å². The van der Waals surface area contributed by atoms with Gasteiger partial charge >= 0.3 is 12.0 Å². The lowest BCUT2D eigenvalue weighted by Crippen LogP contribution is -2.47. The van der Waals surface area contributed by atoms with Crippen molar-refractivity contribution in [1.82, 2.24) is 10.6 Å². The van der Waals surface area contributed by atoms with Gasteiger partial charge in [0.15, 0.2) is 0 Å². The van der Waals surface area contributed by atoms with Gasteiger partial charge in [-0.2, -0.15) is 0 Å². The van der Waals surface area contributed by atoms with Crippen molar-refractivity contribution in [3.63, 3.8) is 0 Å². The van der Waals surface area contributed by atoms with E-state index in [-0.39, 0.29) is 24.8 Å². The molecule has 0 aromatic carbocycles. The molecule has 6 heteroatoms. The Kier molecular flexibility index (Phi) is 5.79. The van der Waals surface area contributed by atoms with Gasteiger partial charge in [-0.15, -0.1) is 0 Å². The molecular weight excluding hydrogens is 248 g/mol. The third kappa shape index (κ3) is 5.72. The number of hydrogen-bond acceptors (Lipinski definition) is 3. The molecule has 0 bridgehead atoms. The lowest BCUT2D eigenvalue weighted by molar-refractivity contribution is -0.138. The van der Waals surface area contributed by atoms with E-state index in [1.54, 1.807) is 6.92 Å². The zero-order chi connectivity index (χ0) is 14.4. The lowest BCUT2D eigenvalue weighted by Gasteiger charge is -2.31. The molecule has 1 aliphatic carbocycles. The van der Waals surface area contributed by atoms with Gasteiger partial charge in [0.2, 0.25) is 5.91 Å². The van der Waals surface area contributed by atoms with Gasteiger partial charge in [-0.1, -0.05) is 13.3 Å².